The highest BCUT2D eigenvalue weighted by molar-refractivity contribution is 7.91. The molecule has 0 aromatic heterocycles. The Morgan fingerprint density at radius 1 is 1.29 bits per heavy atom. The van der Waals surface area contributed by atoms with Gasteiger partial charge < -0.3 is 18.9 Å². The van der Waals surface area contributed by atoms with E-state index >= 15 is 0 Å². The highest BCUT2D eigenvalue weighted by Gasteiger charge is 2.48. The second-order valence-electron chi connectivity index (χ2n) is 5.33. The van der Waals surface area contributed by atoms with Crippen LogP contribution >= 0.6 is 0 Å². The summed E-state index contributed by atoms with van der Waals surface area (Å²) in [7, 11) is -4.63. The van der Waals surface area contributed by atoms with Gasteiger partial charge in [0.25, 0.3) is 0 Å². The molecule has 126 valence electrons. The topological polar surface area (TPSA) is 130 Å². The Morgan fingerprint density at radius 3 is 2.10 bits per heavy atom. The second kappa shape index (κ2) is 6.86. The molecule has 2 saturated heterocycles. The van der Waals surface area contributed by atoms with Gasteiger partial charge in [0.2, 0.25) is 10.4 Å². The van der Waals surface area contributed by atoms with Gasteiger partial charge in [0.05, 0.1) is 33.1 Å². The zero-order valence-electron chi connectivity index (χ0n) is 12.0. The average molecular weight is 347 g/mol. The molecule has 0 radical (unpaired) electrons. The molecule has 0 amide bonds. The van der Waals surface area contributed by atoms with E-state index in [0.29, 0.717) is 17.7 Å². The maximum absolute atomic E-state index is 11.4. The van der Waals surface area contributed by atoms with Crippen molar-refractivity contribution >= 4 is 20.2 Å². The molecule has 21 heavy (non-hydrogen) atoms. The van der Waals surface area contributed by atoms with Crippen LogP contribution in [0.5, 0.6) is 0 Å². The van der Waals surface area contributed by atoms with Gasteiger partial charge in [0, 0.05) is 0 Å². The molecule has 0 spiro atoms. The second-order valence-corrected chi connectivity index (χ2v) is 8.63. The molecule has 0 aromatic rings. The van der Waals surface area contributed by atoms with Gasteiger partial charge >= 0.3 is 0 Å². The minimum absolute atomic E-state index is 0.0770. The van der Waals surface area contributed by atoms with Crippen LogP contribution in [0.3, 0.4) is 0 Å². The predicted octanol–water partition coefficient (Wildman–Crippen LogP) is -2.29. The van der Waals surface area contributed by atoms with Crippen LogP contribution in [-0.4, -0.2) is 95.1 Å². The summed E-state index contributed by atoms with van der Waals surface area (Å²) in [6.45, 7) is 2.88. The van der Waals surface area contributed by atoms with Crippen molar-refractivity contribution in [1.82, 2.24) is 0 Å². The molecule has 11 heteroatoms. The van der Waals surface area contributed by atoms with E-state index in [1.165, 1.54) is 0 Å². The van der Waals surface area contributed by atoms with Crippen LogP contribution in [-0.2, 0) is 29.2 Å². The molecular formula is C10H21NO8S2. The Balaban J connectivity index is 0.000000315. The summed E-state index contributed by atoms with van der Waals surface area (Å²) in [5.74, 6) is 0.0387. The van der Waals surface area contributed by atoms with E-state index in [1.807, 2.05) is 7.05 Å². The van der Waals surface area contributed by atoms with Crippen LogP contribution in [0.25, 0.3) is 0 Å². The minimum atomic E-state index is -4.41. The van der Waals surface area contributed by atoms with Crippen molar-refractivity contribution in [3.8, 4) is 0 Å². The first-order valence-corrected chi connectivity index (χ1v) is 9.46. The van der Waals surface area contributed by atoms with Gasteiger partial charge in [-0.2, -0.15) is 0 Å². The maximum Gasteiger partial charge on any atom is 0.217 e. The summed E-state index contributed by atoms with van der Waals surface area (Å²) in [6.07, 6.45) is -0.710. The van der Waals surface area contributed by atoms with Gasteiger partial charge in [-0.15, -0.1) is 0 Å². The number of likely N-dealkylation sites (N-methyl/N-ethyl adjacent to an activating group) is 1. The number of ether oxygens (including phenoxy) is 1. The highest BCUT2D eigenvalue weighted by Crippen LogP contribution is 2.24. The van der Waals surface area contributed by atoms with E-state index in [9.17, 15) is 26.5 Å². The Morgan fingerprint density at radius 2 is 1.76 bits per heavy atom. The molecule has 2 fully saturated rings. The van der Waals surface area contributed by atoms with Crippen molar-refractivity contribution in [1.29, 1.82) is 0 Å². The fraction of sp³-hybridized carbons (Fsp3) is 1.00. The molecule has 2 atom stereocenters. The fourth-order valence-corrected chi connectivity index (χ4v) is 4.48. The van der Waals surface area contributed by atoms with Crippen LogP contribution in [0.2, 0.25) is 0 Å². The summed E-state index contributed by atoms with van der Waals surface area (Å²) in [5.41, 5.74) is 0. The first kappa shape index (κ1) is 18.7. The van der Waals surface area contributed by atoms with E-state index in [1.54, 1.807) is 0 Å². The Bertz CT molecular complexity index is 537. The minimum Gasteiger partial charge on any atom is -0.726 e. The lowest BCUT2D eigenvalue weighted by Gasteiger charge is -2.43. The van der Waals surface area contributed by atoms with Gasteiger partial charge in [-0.3, -0.25) is 4.18 Å². The van der Waals surface area contributed by atoms with Crippen molar-refractivity contribution in [3.63, 3.8) is 0 Å². The summed E-state index contributed by atoms with van der Waals surface area (Å²) in [6, 6.07) is -0.168. The largest absolute Gasteiger partial charge is 0.726 e. The molecule has 1 N–H and O–H groups in total. The molecule has 0 bridgehead atoms. The monoisotopic (exact) mass is 347 g/mol. The lowest BCUT2D eigenvalue weighted by Crippen LogP contribution is -2.61. The number of rotatable bonds is 2. The maximum atomic E-state index is 11.4. The van der Waals surface area contributed by atoms with Crippen molar-refractivity contribution < 1.29 is 39.9 Å². The molecule has 2 aliphatic heterocycles. The predicted molar refractivity (Wildman–Crippen MR) is 71.9 cm³/mol. The number of aliphatic hydroxyl groups is 1. The third-order valence-corrected chi connectivity index (χ3v) is 5.90. The van der Waals surface area contributed by atoms with Crippen molar-refractivity contribution in [2.45, 2.75) is 12.1 Å². The fourth-order valence-electron chi connectivity index (χ4n) is 2.50. The van der Waals surface area contributed by atoms with E-state index in [4.69, 9.17) is 4.74 Å². The van der Waals surface area contributed by atoms with Crippen molar-refractivity contribution in [2.75, 3.05) is 52.0 Å². The van der Waals surface area contributed by atoms with Gasteiger partial charge in [-0.05, 0) is 0 Å². The summed E-state index contributed by atoms with van der Waals surface area (Å²) in [5, 5.41) is 9.81. The normalized spacial score (nSPS) is 31.2. The molecule has 2 heterocycles. The molecular weight excluding hydrogens is 326 g/mol. The van der Waals surface area contributed by atoms with Crippen molar-refractivity contribution in [2.24, 2.45) is 0 Å². The summed E-state index contributed by atoms with van der Waals surface area (Å²) in [4.78, 5) is 0. The standard InChI is InChI=1S/C9H18NO4S.CH4O4S/c1-10(2-4-14-5-3-10)8-6-15(12,13)7-9(8)11;1-5-6(2,3)4/h8-9,11H,2-7H2,1H3;1H3,(H,2,3,4)/q+1;/p-1. The lowest BCUT2D eigenvalue weighted by atomic mass is 10.1. The molecule has 9 nitrogen and oxygen atoms in total. The third-order valence-electron chi connectivity index (χ3n) is 3.79. The zero-order valence-corrected chi connectivity index (χ0v) is 13.6. The summed E-state index contributed by atoms with van der Waals surface area (Å²) >= 11 is 0. The Kier molecular flexibility index (Phi) is 6.12. The Labute approximate surface area is 124 Å². The molecule has 0 aromatic carbocycles. The van der Waals surface area contributed by atoms with Crippen LogP contribution < -0.4 is 0 Å². The van der Waals surface area contributed by atoms with Crippen LogP contribution in [0, 0.1) is 0 Å². The number of hydrogen-bond donors (Lipinski definition) is 1. The summed E-state index contributed by atoms with van der Waals surface area (Å²) < 4.78 is 59.8. The first-order valence-electron chi connectivity index (χ1n) is 6.31. The van der Waals surface area contributed by atoms with E-state index in [-0.39, 0.29) is 17.5 Å². The van der Waals surface area contributed by atoms with Crippen LogP contribution in [0.15, 0.2) is 0 Å². The van der Waals surface area contributed by atoms with Gasteiger partial charge in [0.1, 0.15) is 31.0 Å². The number of aliphatic hydroxyl groups excluding tert-OH is 1. The van der Waals surface area contributed by atoms with Crippen LogP contribution in [0.1, 0.15) is 0 Å². The molecule has 0 aliphatic carbocycles. The zero-order chi connectivity index (χ0) is 16.3. The molecule has 2 rings (SSSR count). The lowest BCUT2D eigenvalue weighted by molar-refractivity contribution is -0.940. The number of sulfone groups is 1. The molecule has 2 unspecified atom stereocenters. The van der Waals surface area contributed by atoms with E-state index < -0.39 is 26.3 Å². The highest BCUT2D eigenvalue weighted by atomic mass is 32.3. The average Bonchev–Trinajstić information content (AvgIpc) is 2.64. The van der Waals surface area contributed by atoms with E-state index in [2.05, 4.69) is 4.18 Å². The smallest absolute Gasteiger partial charge is 0.217 e. The molecule has 2 aliphatic rings. The quantitative estimate of drug-likeness (QED) is 0.336. The van der Waals surface area contributed by atoms with Crippen molar-refractivity contribution in [3.05, 3.63) is 0 Å². The van der Waals surface area contributed by atoms with Crippen LogP contribution in [0.4, 0.5) is 0 Å². The third kappa shape index (κ3) is 5.77. The SMILES string of the molecule is COS(=O)(=O)[O-].C[N+]1(C2CS(=O)(=O)CC2O)CCOCC1. The van der Waals surface area contributed by atoms with E-state index in [0.717, 1.165) is 20.2 Å². The number of quaternary nitrogens is 1. The first-order chi connectivity index (χ1) is 9.49. The Hall–Kier alpha value is -0.300. The van der Waals surface area contributed by atoms with Gasteiger partial charge in [0.15, 0.2) is 9.84 Å². The number of hydrogen-bond acceptors (Lipinski definition) is 8. The molecule has 0 saturated carbocycles. The number of nitrogens with zero attached hydrogens (tertiary/aromatic N) is 1. The number of morpholine rings is 1. The van der Waals surface area contributed by atoms with Gasteiger partial charge in [-0.25, -0.2) is 16.8 Å². The van der Waals surface area contributed by atoms with Gasteiger partial charge in [-0.1, -0.05) is 0 Å².